The topological polar surface area (TPSA) is 94.5 Å². The van der Waals surface area contributed by atoms with Crippen molar-refractivity contribution in [1.29, 1.82) is 0 Å². The summed E-state index contributed by atoms with van der Waals surface area (Å²) in [5, 5.41) is 11.5. The first-order valence-electron chi connectivity index (χ1n) is 11.4. The summed E-state index contributed by atoms with van der Waals surface area (Å²) in [4.78, 5) is 27.5. The van der Waals surface area contributed by atoms with E-state index in [1.165, 1.54) is 0 Å². The second-order valence-corrected chi connectivity index (χ2v) is 8.53. The molecule has 6 atom stereocenters. The zero-order valence-corrected chi connectivity index (χ0v) is 18.6. The second kappa shape index (κ2) is 9.77. The van der Waals surface area contributed by atoms with Gasteiger partial charge < -0.3 is 24.1 Å². The number of carbonyl (C=O) groups excluding carboxylic acids is 2. The molecule has 8 heteroatoms. The lowest BCUT2D eigenvalue weighted by atomic mass is 9.94. The first-order valence-corrected chi connectivity index (χ1v) is 11.4. The molecule has 0 aliphatic carbocycles. The van der Waals surface area contributed by atoms with E-state index in [0.717, 1.165) is 16.9 Å². The zero-order valence-electron chi connectivity index (χ0n) is 18.6. The number of benzene rings is 2. The number of imide groups is 1. The molecule has 3 heterocycles. The summed E-state index contributed by atoms with van der Waals surface area (Å²) in [6, 6.07) is 14.9. The van der Waals surface area contributed by atoms with Crippen LogP contribution < -0.4 is 0 Å². The highest BCUT2D eigenvalue weighted by Gasteiger charge is 2.55. The lowest BCUT2D eigenvalue weighted by molar-refractivity contribution is -0.349. The van der Waals surface area contributed by atoms with Crippen LogP contribution in [0.15, 0.2) is 67.3 Å². The van der Waals surface area contributed by atoms with E-state index in [-0.39, 0.29) is 6.61 Å². The van der Waals surface area contributed by atoms with E-state index >= 15 is 0 Å². The van der Waals surface area contributed by atoms with Crippen molar-refractivity contribution in [2.24, 2.45) is 0 Å². The van der Waals surface area contributed by atoms with E-state index in [0.29, 0.717) is 24.2 Å². The molecule has 0 radical (unpaired) electrons. The average Bonchev–Trinajstić information content (AvgIpc) is 3.12. The van der Waals surface area contributed by atoms with Crippen LogP contribution in [0.25, 0.3) is 0 Å². The Morgan fingerprint density at radius 1 is 1.03 bits per heavy atom. The SMILES string of the molecule is C=CCCCO[C@@H]1O[C@@H]2CO[C@@H](c3ccccc3)O[C@H]2[C@H](O)[C@H]1N1C(=O)c2ccccc2C1=O. The molecule has 178 valence electrons. The van der Waals surface area contributed by atoms with Crippen molar-refractivity contribution in [3.05, 3.63) is 83.9 Å². The minimum Gasteiger partial charge on any atom is -0.388 e. The number of hydrogen-bond donors (Lipinski definition) is 1. The number of allylic oxidation sites excluding steroid dienone is 1. The molecular formula is C26H27NO7. The molecule has 0 aromatic heterocycles. The third-order valence-electron chi connectivity index (χ3n) is 6.36. The van der Waals surface area contributed by atoms with Gasteiger partial charge in [0.05, 0.1) is 24.3 Å². The van der Waals surface area contributed by atoms with Crippen molar-refractivity contribution in [2.45, 2.75) is 49.8 Å². The fraction of sp³-hybridized carbons (Fsp3) is 0.385. The Kier molecular flexibility index (Phi) is 6.58. The maximum Gasteiger partial charge on any atom is 0.262 e. The van der Waals surface area contributed by atoms with Crippen molar-refractivity contribution in [1.82, 2.24) is 4.90 Å². The van der Waals surface area contributed by atoms with Crippen LogP contribution in [0, 0.1) is 0 Å². The fourth-order valence-electron chi connectivity index (χ4n) is 4.68. The number of rotatable bonds is 7. The summed E-state index contributed by atoms with van der Waals surface area (Å²) >= 11 is 0. The van der Waals surface area contributed by atoms with Gasteiger partial charge in [0.15, 0.2) is 12.6 Å². The molecule has 5 rings (SSSR count). The van der Waals surface area contributed by atoms with Gasteiger partial charge in [0.2, 0.25) is 0 Å². The van der Waals surface area contributed by atoms with Crippen molar-refractivity contribution in [2.75, 3.05) is 13.2 Å². The molecule has 2 aromatic rings. The minimum absolute atomic E-state index is 0.169. The van der Waals surface area contributed by atoms with Crippen LogP contribution in [0.2, 0.25) is 0 Å². The molecule has 3 aliphatic heterocycles. The number of carbonyl (C=O) groups is 2. The number of ether oxygens (including phenoxy) is 4. The Balaban J connectivity index is 1.42. The lowest BCUT2D eigenvalue weighted by Gasteiger charge is -2.49. The van der Waals surface area contributed by atoms with Gasteiger partial charge in [-0.25, -0.2) is 0 Å². The maximum atomic E-state index is 13.2. The molecule has 34 heavy (non-hydrogen) atoms. The second-order valence-electron chi connectivity index (χ2n) is 8.53. The van der Waals surface area contributed by atoms with Crippen LogP contribution in [0.1, 0.15) is 45.4 Å². The Morgan fingerprint density at radius 2 is 1.71 bits per heavy atom. The average molecular weight is 466 g/mol. The highest BCUT2D eigenvalue weighted by Crippen LogP contribution is 2.38. The molecule has 8 nitrogen and oxygen atoms in total. The van der Waals surface area contributed by atoms with Gasteiger partial charge in [-0.3, -0.25) is 14.5 Å². The molecule has 2 aromatic carbocycles. The quantitative estimate of drug-likeness (QED) is 0.382. The molecule has 2 amide bonds. The highest BCUT2D eigenvalue weighted by atomic mass is 16.7. The number of aliphatic hydroxyl groups excluding tert-OH is 1. The summed E-state index contributed by atoms with van der Waals surface area (Å²) in [7, 11) is 0. The van der Waals surface area contributed by atoms with Gasteiger partial charge in [-0.2, -0.15) is 0 Å². The predicted molar refractivity (Wildman–Crippen MR) is 121 cm³/mol. The van der Waals surface area contributed by atoms with Crippen LogP contribution >= 0.6 is 0 Å². The third-order valence-corrected chi connectivity index (χ3v) is 6.36. The predicted octanol–water partition coefficient (Wildman–Crippen LogP) is 2.83. The molecule has 0 saturated carbocycles. The van der Waals surface area contributed by atoms with Crippen molar-refractivity contribution in [3.8, 4) is 0 Å². The number of aliphatic hydroxyl groups is 1. The molecule has 2 fully saturated rings. The van der Waals surface area contributed by atoms with E-state index in [2.05, 4.69) is 6.58 Å². The van der Waals surface area contributed by atoms with Crippen molar-refractivity contribution >= 4 is 11.8 Å². The van der Waals surface area contributed by atoms with E-state index in [9.17, 15) is 14.7 Å². The van der Waals surface area contributed by atoms with Gasteiger partial charge >= 0.3 is 0 Å². The number of nitrogens with zero attached hydrogens (tertiary/aromatic N) is 1. The van der Waals surface area contributed by atoms with Crippen LogP contribution in [0.3, 0.4) is 0 Å². The summed E-state index contributed by atoms with van der Waals surface area (Å²) in [6.07, 6.45) is -1.19. The largest absolute Gasteiger partial charge is 0.388 e. The van der Waals surface area contributed by atoms with Gasteiger partial charge in [-0.1, -0.05) is 48.5 Å². The normalized spacial score (nSPS) is 30.7. The zero-order chi connectivity index (χ0) is 23.7. The van der Waals surface area contributed by atoms with E-state index in [4.69, 9.17) is 18.9 Å². The summed E-state index contributed by atoms with van der Waals surface area (Å²) in [6.45, 7) is 4.19. The first-order chi connectivity index (χ1) is 16.6. The van der Waals surface area contributed by atoms with E-state index in [1.54, 1.807) is 30.3 Å². The van der Waals surface area contributed by atoms with Crippen molar-refractivity contribution < 1.29 is 33.6 Å². The summed E-state index contributed by atoms with van der Waals surface area (Å²) in [5.74, 6) is -0.976. The van der Waals surface area contributed by atoms with Crippen LogP contribution in [-0.4, -0.2) is 65.7 Å². The molecule has 0 bridgehead atoms. The Hall–Kier alpha value is -2.88. The van der Waals surface area contributed by atoms with Crippen LogP contribution in [-0.2, 0) is 18.9 Å². The molecular weight excluding hydrogens is 438 g/mol. The summed E-state index contributed by atoms with van der Waals surface area (Å²) in [5.41, 5.74) is 1.39. The van der Waals surface area contributed by atoms with Gasteiger partial charge in [0.1, 0.15) is 24.4 Å². The van der Waals surface area contributed by atoms with Crippen LogP contribution in [0.5, 0.6) is 0 Å². The third kappa shape index (κ3) is 4.08. The number of hydrogen-bond acceptors (Lipinski definition) is 7. The van der Waals surface area contributed by atoms with Crippen LogP contribution in [0.4, 0.5) is 0 Å². The maximum absolute atomic E-state index is 13.2. The molecule has 3 aliphatic rings. The first kappa shape index (κ1) is 22.9. The Morgan fingerprint density at radius 3 is 2.38 bits per heavy atom. The van der Waals surface area contributed by atoms with E-state index < -0.39 is 48.7 Å². The van der Waals surface area contributed by atoms with E-state index in [1.807, 2.05) is 30.3 Å². The van der Waals surface area contributed by atoms with Crippen molar-refractivity contribution in [3.63, 3.8) is 0 Å². The minimum atomic E-state index is -1.24. The monoisotopic (exact) mass is 465 g/mol. The number of amides is 2. The molecule has 2 saturated heterocycles. The Bertz CT molecular complexity index is 1020. The molecule has 0 unspecified atom stereocenters. The molecule has 0 spiro atoms. The number of fused-ring (bicyclic) bond motifs is 2. The number of unbranched alkanes of at least 4 members (excludes halogenated alkanes) is 1. The van der Waals surface area contributed by atoms with Gasteiger partial charge in [0, 0.05) is 5.56 Å². The Labute approximate surface area is 197 Å². The smallest absolute Gasteiger partial charge is 0.262 e. The van der Waals surface area contributed by atoms with Gasteiger partial charge in [0.25, 0.3) is 11.8 Å². The fourth-order valence-corrected chi connectivity index (χ4v) is 4.68. The molecule has 1 N–H and O–H groups in total. The van der Waals surface area contributed by atoms with Gasteiger partial charge in [-0.05, 0) is 25.0 Å². The lowest BCUT2D eigenvalue weighted by Crippen LogP contribution is -2.67. The standard InChI is InChI=1S/C26H27NO7/c1-2-3-9-14-31-26-20(27-23(29)17-12-7-8-13-18(17)24(27)30)21(28)22-19(33-26)15-32-25(34-22)16-10-5-4-6-11-16/h2,4-8,10-13,19-22,25-26,28H,1,3,9,14-15H2/t19-,20-,21-,22-,25-,26-/m1/s1. The highest BCUT2D eigenvalue weighted by molar-refractivity contribution is 6.21. The summed E-state index contributed by atoms with van der Waals surface area (Å²) < 4.78 is 24.0. The van der Waals surface area contributed by atoms with Gasteiger partial charge in [-0.15, -0.1) is 6.58 Å².